The molecule has 1 aliphatic heterocycles. The number of benzene rings is 1. The molecule has 5 heteroatoms. The summed E-state index contributed by atoms with van der Waals surface area (Å²) in [6.07, 6.45) is 3.06. The third-order valence-corrected chi connectivity index (χ3v) is 4.04. The Bertz CT molecular complexity index is 620. The smallest absolute Gasteiger partial charge is 0.254 e. The molecule has 22 heavy (non-hydrogen) atoms. The highest BCUT2D eigenvalue weighted by Gasteiger charge is 2.42. The third kappa shape index (κ3) is 2.31. The predicted octanol–water partition coefficient (Wildman–Crippen LogP) is 2.53. The van der Waals surface area contributed by atoms with Crippen LogP contribution in [0.15, 0.2) is 30.4 Å². The minimum absolute atomic E-state index is 0.158. The number of carbonyl (C=O) groups is 2. The summed E-state index contributed by atoms with van der Waals surface area (Å²) in [5.74, 6) is 0.243. The fourth-order valence-corrected chi connectivity index (χ4v) is 3.24. The second kappa shape index (κ2) is 5.93. The van der Waals surface area contributed by atoms with Gasteiger partial charge in [0.25, 0.3) is 11.8 Å². The van der Waals surface area contributed by atoms with Gasteiger partial charge in [-0.2, -0.15) is 0 Å². The maximum atomic E-state index is 12.0. The van der Waals surface area contributed by atoms with E-state index in [1.165, 1.54) is 17.1 Å². The van der Waals surface area contributed by atoms with Crippen molar-refractivity contribution in [1.29, 1.82) is 0 Å². The van der Waals surface area contributed by atoms with Crippen molar-refractivity contribution in [3.05, 3.63) is 41.5 Å². The number of fused-ring (bicyclic) bond motifs is 1. The Labute approximate surface area is 129 Å². The van der Waals surface area contributed by atoms with Gasteiger partial charge in [0.05, 0.1) is 18.8 Å². The summed E-state index contributed by atoms with van der Waals surface area (Å²) in [5, 5.41) is 0. The molecular weight excluding hydrogens is 282 g/mol. The molecule has 5 nitrogen and oxygen atoms in total. The monoisotopic (exact) mass is 301 g/mol. The summed E-state index contributed by atoms with van der Waals surface area (Å²) in [4.78, 5) is 25.3. The number of amides is 2. The van der Waals surface area contributed by atoms with E-state index < -0.39 is 0 Å². The molecule has 3 rings (SSSR count). The van der Waals surface area contributed by atoms with Crippen LogP contribution in [0.1, 0.15) is 43.5 Å². The molecule has 2 atom stereocenters. The fourth-order valence-electron chi connectivity index (χ4n) is 3.24. The van der Waals surface area contributed by atoms with Crippen LogP contribution in [0, 0.1) is 0 Å². The maximum absolute atomic E-state index is 12.0. The van der Waals surface area contributed by atoms with Gasteiger partial charge < -0.3 is 9.47 Å². The Kier molecular flexibility index (Phi) is 3.98. The van der Waals surface area contributed by atoms with E-state index >= 15 is 0 Å². The summed E-state index contributed by atoms with van der Waals surface area (Å²) >= 11 is 0. The van der Waals surface area contributed by atoms with Crippen LogP contribution in [0.5, 0.6) is 5.75 Å². The van der Waals surface area contributed by atoms with E-state index in [0.29, 0.717) is 19.6 Å². The number of rotatable bonds is 5. The van der Waals surface area contributed by atoms with Crippen LogP contribution < -0.4 is 4.74 Å². The molecule has 116 valence electrons. The lowest BCUT2D eigenvalue weighted by Gasteiger charge is -2.23. The van der Waals surface area contributed by atoms with Crippen LogP contribution in [-0.2, 0) is 14.3 Å². The van der Waals surface area contributed by atoms with Crippen molar-refractivity contribution >= 4 is 11.8 Å². The standard InChI is InChI=1S/C17H19NO4/c1-3-21-13-7-5-6-11-12(10-14(17(11)13)22-4-2)18-15(19)8-9-16(18)20/h5-9,12,14H,3-4,10H2,1-2H3/t12-,14-/m0/s1. The molecule has 0 radical (unpaired) electrons. The van der Waals surface area contributed by atoms with Crippen LogP contribution in [0.3, 0.4) is 0 Å². The highest BCUT2D eigenvalue weighted by Crippen LogP contribution is 2.48. The van der Waals surface area contributed by atoms with E-state index in [1.54, 1.807) is 0 Å². The van der Waals surface area contributed by atoms with Gasteiger partial charge in [-0.25, -0.2) is 0 Å². The molecule has 1 aromatic rings. The van der Waals surface area contributed by atoms with Crippen LogP contribution in [0.4, 0.5) is 0 Å². The molecule has 0 unspecified atom stereocenters. The van der Waals surface area contributed by atoms with E-state index in [0.717, 1.165) is 16.9 Å². The molecule has 0 bridgehead atoms. The Balaban J connectivity index is 2.02. The van der Waals surface area contributed by atoms with Gasteiger partial charge in [-0.05, 0) is 25.5 Å². The van der Waals surface area contributed by atoms with E-state index in [9.17, 15) is 9.59 Å². The Morgan fingerprint density at radius 2 is 1.86 bits per heavy atom. The van der Waals surface area contributed by atoms with Gasteiger partial charge in [0, 0.05) is 30.7 Å². The number of hydrogen-bond donors (Lipinski definition) is 0. The average Bonchev–Trinajstić information content (AvgIpc) is 3.01. The number of nitrogens with zero attached hydrogens (tertiary/aromatic N) is 1. The maximum Gasteiger partial charge on any atom is 0.254 e. The lowest BCUT2D eigenvalue weighted by Crippen LogP contribution is -2.33. The molecule has 1 aromatic carbocycles. The van der Waals surface area contributed by atoms with E-state index in [4.69, 9.17) is 9.47 Å². The molecule has 0 fully saturated rings. The Morgan fingerprint density at radius 3 is 2.50 bits per heavy atom. The third-order valence-electron chi connectivity index (χ3n) is 4.04. The topological polar surface area (TPSA) is 55.8 Å². The molecule has 2 amide bonds. The van der Waals surface area contributed by atoms with Gasteiger partial charge in [0.2, 0.25) is 0 Å². The minimum Gasteiger partial charge on any atom is -0.493 e. The number of carbonyl (C=O) groups excluding carboxylic acids is 2. The molecule has 0 aromatic heterocycles. The van der Waals surface area contributed by atoms with Crippen LogP contribution in [0.2, 0.25) is 0 Å². The number of hydrogen-bond acceptors (Lipinski definition) is 4. The lowest BCUT2D eigenvalue weighted by atomic mass is 10.1. The van der Waals surface area contributed by atoms with Gasteiger partial charge in [0.15, 0.2) is 0 Å². The summed E-state index contributed by atoms with van der Waals surface area (Å²) in [5.41, 5.74) is 1.90. The van der Waals surface area contributed by atoms with E-state index in [2.05, 4.69) is 0 Å². The van der Waals surface area contributed by atoms with Crippen molar-refractivity contribution in [2.75, 3.05) is 13.2 Å². The van der Waals surface area contributed by atoms with Crippen LogP contribution >= 0.6 is 0 Å². The zero-order valence-corrected chi connectivity index (χ0v) is 12.7. The first kappa shape index (κ1) is 14.8. The largest absolute Gasteiger partial charge is 0.493 e. The Hall–Kier alpha value is -2.14. The van der Waals surface area contributed by atoms with Crippen molar-refractivity contribution in [3.8, 4) is 5.75 Å². The van der Waals surface area contributed by atoms with Gasteiger partial charge in [0.1, 0.15) is 5.75 Å². The number of imide groups is 1. The quantitative estimate of drug-likeness (QED) is 0.784. The Morgan fingerprint density at radius 1 is 1.14 bits per heavy atom. The summed E-state index contributed by atoms with van der Waals surface area (Å²) in [6, 6.07) is 5.45. The molecule has 0 N–H and O–H groups in total. The molecule has 0 spiro atoms. The van der Waals surface area contributed by atoms with Crippen molar-refractivity contribution in [2.24, 2.45) is 0 Å². The normalized spacial score (nSPS) is 23.3. The first-order chi connectivity index (χ1) is 10.7. The van der Waals surface area contributed by atoms with Crippen LogP contribution in [0.25, 0.3) is 0 Å². The van der Waals surface area contributed by atoms with E-state index in [-0.39, 0.29) is 24.0 Å². The average molecular weight is 301 g/mol. The van der Waals surface area contributed by atoms with Gasteiger partial charge in [-0.15, -0.1) is 0 Å². The molecule has 0 saturated carbocycles. The van der Waals surface area contributed by atoms with Crippen molar-refractivity contribution in [2.45, 2.75) is 32.4 Å². The van der Waals surface area contributed by atoms with Gasteiger partial charge in [-0.3, -0.25) is 14.5 Å². The van der Waals surface area contributed by atoms with Crippen molar-refractivity contribution in [3.63, 3.8) is 0 Å². The first-order valence-electron chi connectivity index (χ1n) is 7.59. The number of ether oxygens (including phenoxy) is 2. The van der Waals surface area contributed by atoms with Gasteiger partial charge >= 0.3 is 0 Å². The van der Waals surface area contributed by atoms with Gasteiger partial charge in [-0.1, -0.05) is 12.1 Å². The molecule has 1 heterocycles. The molecule has 0 saturated heterocycles. The van der Waals surface area contributed by atoms with Crippen LogP contribution in [-0.4, -0.2) is 29.9 Å². The molecule has 2 aliphatic rings. The summed E-state index contributed by atoms with van der Waals surface area (Å²) < 4.78 is 11.5. The highest BCUT2D eigenvalue weighted by molar-refractivity contribution is 6.13. The second-order valence-electron chi connectivity index (χ2n) is 5.27. The molecule has 1 aliphatic carbocycles. The zero-order chi connectivity index (χ0) is 15.7. The lowest BCUT2D eigenvalue weighted by molar-refractivity contribution is -0.140. The zero-order valence-electron chi connectivity index (χ0n) is 12.7. The second-order valence-corrected chi connectivity index (χ2v) is 5.27. The minimum atomic E-state index is -0.290. The summed E-state index contributed by atoms with van der Waals surface area (Å²) in [6.45, 7) is 4.99. The van der Waals surface area contributed by atoms with E-state index in [1.807, 2.05) is 32.0 Å². The first-order valence-corrected chi connectivity index (χ1v) is 7.59. The van der Waals surface area contributed by atoms with Crippen molar-refractivity contribution in [1.82, 2.24) is 4.90 Å². The summed E-state index contributed by atoms with van der Waals surface area (Å²) in [7, 11) is 0. The predicted molar refractivity (Wildman–Crippen MR) is 80.3 cm³/mol. The highest BCUT2D eigenvalue weighted by atomic mass is 16.5. The fraction of sp³-hybridized carbons (Fsp3) is 0.412. The van der Waals surface area contributed by atoms with Crippen molar-refractivity contribution < 1.29 is 19.1 Å². The SMILES string of the molecule is CCOc1cccc2c1[C@@H](OCC)C[C@@H]2N1C(=O)C=CC1=O. The molecular formula is C17H19NO4.